The smallest absolute Gasteiger partial charge is 0.281 e. The fourth-order valence-electron chi connectivity index (χ4n) is 3.74. The molecule has 4 heterocycles. The summed E-state index contributed by atoms with van der Waals surface area (Å²) in [7, 11) is 0. The number of hydrogen-bond acceptors (Lipinski definition) is 4. The van der Waals surface area contributed by atoms with Crippen LogP contribution in [0, 0.1) is 6.57 Å². The molecule has 1 atom stereocenters. The first kappa shape index (κ1) is 18.9. The van der Waals surface area contributed by atoms with Crippen molar-refractivity contribution in [2.75, 3.05) is 5.32 Å². The van der Waals surface area contributed by atoms with Crippen LogP contribution in [0.5, 0.6) is 0 Å². The Morgan fingerprint density at radius 1 is 1.23 bits per heavy atom. The van der Waals surface area contributed by atoms with E-state index in [-0.39, 0.29) is 11.6 Å². The van der Waals surface area contributed by atoms with Crippen molar-refractivity contribution in [2.24, 2.45) is 0 Å². The fourth-order valence-corrected chi connectivity index (χ4v) is 3.97. The molecule has 0 amide bonds. The number of halogens is 1. The molecular weight excluding hydrogens is 414 g/mol. The molecule has 1 unspecified atom stereocenters. The Bertz CT molecular complexity index is 1530. The molecule has 2 N–H and O–H groups in total. The zero-order valence-electron chi connectivity index (χ0n) is 16.4. The van der Waals surface area contributed by atoms with Crippen molar-refractivity contribution in [3.63, 3.8) is 0 Å². The molecule has 1 aromatic carbocycles. The number of para-hydroxylation sites is 1. The molecule has 0 saturated carbocycles. The first-order valence-corrected chi connectivity index (χ1v) is 9.90. The molecule has 8 nitrogen and oxygen atoms in total. The van der Waals surface area contributed by atoms with Gasteiger partial charge >= 0.3 is 0 Å². The maximum atomic E-state index is 13.4. The second kappa shape index (κ2) is 7.31. The summed E-state index contributed by atoms with van der Waals surface area (Å²) in [6.07, 6.45) is 6.67. The van der Waals surface area contributed by atoms with E-state index in [1.54, 1.807) is 27.4 Å². The van der Waals surface area contributed by atoms with E-state index in [0.29, 0.717) is 38.8 Å². The van der Waals surface area contributed by atoms with Crippen LogP contribution < -0.4 is 10.9 Å². The number of fused-ring (bicyclic) bond motifs is 2. The van der Waals surface area contributed by atoms with Gasteiger partial charge in [0.05, 0.1) is 28.7 Å². The zero-order valence-corrected chi connectivity index (χ0v) is 17.1. The van der Waals surface area contributed by atoms with E-state index in [9.17, 15) is 4.79 Å². The van der Waals surface area contributed by atoms with Crippen molar-refractivity contribution < 1.29 is 0 Å². The fraction of sp³-hybridized carbons (Fsp3) is 0.0909. The minimum absolute atomic E-state index is 0.219. The molecule has 4 aromatic heterocycles. The van der Waals surface area contributed by atoms with Crippen LogP contribution in [0.2, 0.25) is 5.02 Å². The van der Waals surface area contributed by atoms with Crippen molar-refractivity contribution >= 4 is 39.7 Å². The molecule has 5 aromatic rings. The predicted octanol–water partition coefficient (Wildman–Crippen LogP) is 4.74. The summed E-state index contributed by atoms with van der Waals surface area (Å²) in [5.41, 5.74) is 2.63. The van der Waals surface area contributed by atoms with Crippen LogP contribution in [-0.2, 0) is 0 Å². The molecule has 0 radical (unpaired) electrons. The van der Waals surface area contributed by atoms with Crippen LogP contribution in [0.15, 0.2) is 66.1 Å². The third-order valence-electron chi connectivity index (χ3n) is 5.18. The average molecular weight is 430 g/mol. The number of nitrogens with zero attached hydrogens (tertiary/aromatic N) is 5. The average Bonchev–Trinajstić information content (AvgIpc) is 3.38. The largest absolute Gasteiger partial charge is 0.362 e. The van der Waals surface area contributed by atoms with Crippen LogP contribution in [-0.4, -0.2) is 23.9 Å². The van der Waals surface area contributed by atoms with Gasteiger partial charge in [-0.3, -0.25) is 9.36 Å². The Kier molecular flexibility index (Phi) is 4.46. The second-order valence-electron chi connectivity index (χ2n) is 7.05. The van der Waals surface area contributed by atoms with Gasteiger partial charge in [-0.05, 0) is 25.1 Å². The van der Waals surface area contributed by atoms with Gasteiger partial charge in [-0.25, -0.2) is 14.8 Å². The lowest BCUT2D eigenvalue weighted by Gasteiger charge is -2.21. The number of nitrogens with one attached hydrogen (secondary N) is 2. The molecule has 9 heteroatoms. The molecule has 0 spiro atoms. The highest BCUT2D eigenvalue weighted by Crippen LogP contribution is 2.32. The Balaban J connectivity index is 1.69. The van der Waals surface area contributed by atoms with Gasteiger partial charge in [0.15, 0.2) is 0 Å². The van der Waals surface area contributed by atoms with Crippen LogP contribution >= 0.6 is 11.6 Å². The highest BCUT2D eigenvalue weighted by atomic mass is 35.5. The Labute approximate surface area is 181 Å². The lowest BCUT2D eigenvalue weighted by Crippen LogP contribution is -2.27. The normalized spacial score (nSPS) is 12.2. The molecule has 5 rings (SSSR count). The Hall–Kier alpha value is -4.09. The number of rotatable bonds is 4. The summed E-state index contributed by atoms with van der Waals surface area (Å²) in [5, 5.41) is 4.36. The minimum Gasteiger partial charge on any atom is -0.362 e. The van der Waals surface area contributed by atoms with Crippen molar-refractivity contribution in [3.05, 3.63) is 93.8 Å². The van der Waals surface area contributed by atoms with Gasteiger partial charge in [-0.1, -0.05) is 29.8 Å². The van der Waals surface area contributed by atoms with E-state index < -0.39 is 0 Å². The highest BCUT2D eigenvalue weighted by molar-refractivity contribution is 6.33. The van der Waals surface area contributed by atoms with E-state index >= 15 is 0 Å². The highest BCUT2D eigenvalue weighted by Gasteiger charge is 2.20. The van der Waals surface area contributed by atoms with Gasteiger partial charge < -0.3 is 14.7 Å². The quantitative estimate of drug-likeness (QED) is 0.404. The van der Waals surface area contributed by atoms with E-state index in [0.717, 1.165) is 5.69 Å². The number of aromatic nitrogens is 5. The molecule has 0 bridgehead atoms. The molecule has 0 fully saturated rings. The van der Waals surface area contributed by atoms with Crippen molar-refractivity contribution in [2.45, 2.75) is 13.0 Å². The lowest BCUT2D eigenvalue weighted by atomic mass is 10.2. The second-order valence-corrected chi connectivity index (χ2v) is 7.45. The monoisotopic (exact) mass is 429 g/mol. The molecule has 31 heavy (non-hydrogen) atoms. The van der Waals surface area contributed by atoms with Crippen molar-refractivity contribution in [3.8, 4) is 5.69 Å². The molecule has 0 aliphatic carbocycles. The lowest BCUT2D eigenvalue weighted by molar-refractivity contribution is 0.754. The Morgan fingerprint density at radius 3 is 2.81 bits per heavy atom. The maximum absolute atomic E-state index is 13.4. The third-order valence-corrected chi connectivity index (χ3v) is 5.49. The SMILES string of the molecule is [C-]#[N+]c1c[nH]c2ncnc(NC(C)c3cn4ccc(Cl)c4c(=O)n3-c3ccccc3)c12. The number of benzene rings is 1. The van der Waals surface area contributed by atoms with E-state index in [1.807, 2.05) is 43.5 Å². The molecule has 0 aliphatic heterocycles. The van der Waals surface area contributed by atoms with E-state index in [2.05, 4.69) is 25.1 Å². The standard InChI is InChI=1S/C22H16ClN7O/c1-13(28-21-18-16(24-2)10-25-20(18)26-12-27-21)17-11-29-9-8-15(23)19(29)22(31)30(17)14-6-4-3-5-7-14/h3-13H,1H3,(H2,25,26,27,28). The predicted molar refractivity (Wildman–Crippen MR) is 120 cm³/mol. The molecule has 0 saturated heterocycles. The summed E-state index contributed by atoms with van der Waals surface area (Å²) in [6.45, 7) is 9.35. The van der Waals surface area contributed by atoms with Crippen LogP contribution in [0.25, 0.3) is 27.1 Å². The summed E-state index contributed by atoms with van der Waals surface area (Å²) >= 11 is 6.29. The number of H-pyrrole nitrogens is 1. The third kappa shape index (κ3) is 3.03. The zero-order chi connectivity index (χ0) is 21.5. The van der Waals surface area contributed by atoms with Gasteiger partial charge in [-0.15, -0.1) is 0 Å². The summed E-state index contributed by atoms with van der Waals surface area (Å²) < 4.78 is 3.37. The van der Waals surface area contributed by atoms with Crippen LogP contribution in [0.4, 0.5) is 11.5 Å². The van der Waals surface area contributed by atoms with Gasteiger partial charge in [0.1, 0.15) is 23.3 Å². The van der Waals surface area contributed by atoms with Crippen LogP contribution in [0.1, 0.15) is 18.7 Å². The van der Waals surface area contributed by atoms with Gasteiger partial charge in [-0.2, -0.15) is 0 Å². The topological polar surface area (TPSA) is 84.4 Å². The molecule has 152 valence electrons. The summed E-state index contributed by atoms with van der Waals surface area (Å²) in [6, 6.07) is 10.8. The van der Waals surface area contributed by atoms with Gasteiger partial charge in [0, 0.05) is 24.3 Å². The minimum atomic E-state index is -0.329. The molecular formula is C22H16ClN7O. The number of aromatic amines is 1. The Morgan fingerprint density at radius 2 is 2.03 bits per heavy atom. The van der Waals surface area contributed by atoms with Crippen molar-refractivity contribution in [1.29, 1.82) is 0 Å². The van der Waals surface area contributed by atoms with Gasteiger partial charge in [0.25, 0.3) is 5.56 Å². The number of anilines is 1. The first-order valence-electron chi connectivity index (χ1n) is 9.52. The summed E-state index contributed by atoms with van der Waals surface area (Å²) in [4.78, 5) is 28.5. The van der Waals surface area contributed by atoms with E-state index in [4.69, 9.17) is 18.2 Å². The maximum Gasteiger partial charge on any atom is 0.281 e. The van der Waals surface area contributed by atoms with Gasteiger partial charge in [0.2, 0.25) is 5.69 Å². The molecule has 0 aliphatic rings. The van der Waals surface area contributed by atoms with Crippen LogP contribution in [0.3, 0.4) is 0 Å². The van der Waals surface area contributed by atoms with E-state index in [1.165, 1.54) is 6.33 Å². The first-order chi connectivity index (χ1) is 15.1. The van der Waals surface area contributed by atoms with Crippen molar-refractivity contribution in [1.82, 2.24) is 23.9 Å². The summed E-state index contributed by atoms with van der Waals surface area (Å²) in [5.74, 6) is 0.516. The number of hydrogen-bond donors (Lipinski definition) is 2.